The molecule has 0 atom stereocenters. The Balaban J connectivity index is 1.41. The molecule has 0 aromatic heterocycles. The van der Waals surface area contributed by atoms with Crippen molar-refractivity contribution in [2.45, 2.75) is 88.4 Å². The molecule has 0 aliphatic carbocycles. The lowest BCUT2D eigenvalue weighted by atomic mass is 10.0. The molecule has 0 amide bonds. The first-order valence-electron chi connectivity index (χ1n) is 11.2. The van der Waals surface area contributed by atoms with E-state index in [0.717, 1.165) is 18.4 Å². The van der Waals surface area contributed by atoms with E-state index in [1.54, 1.807) is 12.1 Å². The van der Waals surface area contributed by atoms with Crippen LogP contribution in [0, 0.1) is 0 Å². The molecule has 2 aromatic carbocycles. The van der Waals surface area contributed by atoms with Gasteiger partial charge < -0.3 is 0 Å². The average molecular weight is 417 g/mol. The van der Waals surface area contributed by atoms with Gasteiger partial charge in [-0.15, -0.1) is 0 Å². The van der Waals surface area contributed by atoms with Gasteiger partial charge in [-0.3, -0.25) is 4.55 Å². The SMILES string of the molecule is O=S(=O)(O)c1ccccc1CCCCCCCCCCCCCc1ccccc1. The Kier molecular flexibility index (Phi) is 11.0. The summed E-state index contributed by atoms with van der Waals surface area (Å²) in [4.78, 5) is 0.0590. The van der Waals surface area contributed by atoms with Gasteiger partial charge in [0.25, 0.3) is 10.1 Å². The molecule has 1 N–H and O–H groups in total. The summed E-state index contributed by atoms with van der Waals surface area (Å²) in [5.74, 6) is 0. The number of hydrogen-bond donors (Lipinski definition) is 1. The van der Waals surface area contributed by atoms with Crippen molar-refractivity contribution in [2.24, 2.45) is 0 Å². The fraction of sp³-hybridized carbons (Fsp3) is 0.520. The highest BCUT2D eigenvalue weighted by Crippen LogP contribution is 2.18. The third kappa shape index (κ3) is 10.1. The minimum Gasteiger partial charge on any atom is -0.282 e. The lowest BCUT2D eigenvalue weighted by molar-refractivity contribution is 0.481. The van der Waals surface area contributed by atoms with E-state index in [2.05, 4.69) is 30.3 Å². The van der Waals surface area contributed by atoms with Crippen LogP contribution in [0.15, 0.2) is 59.5 Å². The van der Waals surface area contributed by atoms with Crippen LogP contribution in [-0.2, 0) is 23.0 Å². The third-order valence-corrected chi connectivity index (χ3v) is 6.46. The second-order valence-corrected chi connectivity index (χ2v) is 9.35. The standard InChI is InChI=1S/C25H36O3S/c26-29(27,28)25-22-16-15-21-24(25)20-14-9-7-5-3-1-2-4-6-8-11-17-23-18-12-10-13-19-23/h10,12-13,15-16,18-19,21-22H,1-9,11,14,17,20H2,(H,26,27,28). The van der Waals surface area contributed by atoms with Gasteiger partial charge in [-0.2, -0.15) is 8.42 Å². The van der Waals surface area contributed by atoms with Gasteiger partial charge in [-0.1, -0.05) is 106 Å². The minimum atomic E-state index is -4.11. The Morgan fingerprint density at radius 3 is 1.55 bits per heavy atom. The maximum absolute atomic E-state index is 11.4. The summed E-state index contributed by atoms with van der Waals surface area (Å²) in [5, 5.41) is 0. The second-order valence-electron chi connectivity index (χ2n) is 7.96. The van der Waals surface area contributed by atoms with E-state index in [0.29, 0.717) is 6.42 Å². The molecular formula is C25H36O3S. The third-order valence-electron chi connectivity index (χ3n) is 5.50. The van der Waals surface area contributed by atoms with Gasteiger partial charge >= 0.3 is 0 Å². The number of benzene rings is 2. The van der Waals surface area contributed by atoms with Crippen LogP contribution in [0.25, 0.3) is 0 Å². The molecule has 0 fully saturated rings. The molecule has 29 heavy (non-hydrogen) atoms. The zero-order chi connectivity index (χ0) is 20.8. The topological polar surface area (TPSA) is 54.4 Å². The molecule has 2 rings (SSSR count). The molecular weight excluding hydrogens is 380 g/mol. The van der Waals surface area contributed by atoms with Crippen molar-refractivity contribution in [1.82, 2.24) is 0 Å². The van der Waals surface area contributed by atoms with E-state index in [-0.39, 0.29) is 4.90 Å². The van der Waals surface area contributed by atoms with E-state index in [4.69, 9.17) is 0 Å². The predicted molar refractivity (Wildman–Crippen MR) is 121 cm³/mol. The van der Waals surface area contributed by atoms with Gasteiger partial charge in [0, 0.05) is 0 Å². The van der Waals surface area contributed by atoms with Gasteiger partial charge in [0.05, 0.1) is 4.90 Å². The van der Waals surface area contributed by atoms with E-state index in [1.165, 1.54) is 75.8 Å². The lowest BCUT2D eigenvalue weighted by Crippen LogP contribution is -2.03. The number of rotatable bonds is 15. The molecule has 0 spiro atoms. The first-order valence-corrected chi connectivity index (χ1v) is 12.6. The van der Waals surface area contributed by atoms with Crippen molar-refractivity contribution in [3.63, 3.8) is 0 Å². The second kappa shape index (κ2) is 13.6. The first kappa shape index (κ1) is 23.6. The molecule has 0 bridgehead atoms. The lowest BCUT2D eigenvalue weighted by Gasteiger charge is -2.07. The van der Waals surface area contributed by atoms with Crippen LogP contribution in [0.5, 0.6) is 0 Å². The van der Waals surface area contributed by atoms with Crippen LogP contribution in [0.3, 0.4) is 0 Å². The van der Waals surface area contributed by atoms with E-state index >= 15 is 0 Å². The first-order chi connectivity index (χ1) is 14.1. The van der Waals surface area contributed by atoms with Crippen LogP contribution in [0.2, 0.25) is 0 Å². The Bertz CT molecular complexity index is 785. The molecule has 4 heteroatoms. The highest BCUT2D eigenvalue weighted by atomic mass is 32.2. The molecule has 0 unspecified atom stereocenters. The van der Waals surface area contributed by atoms with Crippen molar-refractivity contribution in [1.29, 1.82) is 0 Å². The molecule has 3 nitrogen and oxygen atoms in total. The number of hydrogen-bond acceptors (Lipinski definition) is 2. The van der Waals surface area contributed by atoms with Crippen LogP contribution in [0.4, 0.5) is 0 Å². The fourth-order valence-electron chi connectivity index (χ4n) is 3.84. The van der Waals surface area contributed by atoms with Crippen molar-refractivity contribution in [2.75, 3.05) is 0 Å². The van der Waals surface area contributed by atoms with E-state index in [9.17, 15) is 13.0 Å². The molecule has 0 aliphatic rings. The summed E-state index contributed by atoms with van der Waals surface area (Å²) >= 11 is 0. The summed E-state index contributed by atoms with van der Waals surface area (Å²) in [5.41, 5.74) is 2.18. The maximum atomic E-state index is 11.4. The van der Waals surface area contributed by atoms with Crippen LogP contribution in [0.1, 0.15) is 81.8 Å². The fourth-order valence-corrected chi connectivity index (χ4v) is 4.59. The average Bonchev–Trinajstić information content (AvgIpc) is 2.72. The Labute approximate surface area is 177 Å². The maximum Gasteiger partial charge on any atom is 0.294 e. The number of unbranched alkanes of at least 4 members (excludes halogenated alkanes) is 10. The Morgan fingerprint density at radius 1 is 0.552 bits per heavy atom. The summed E-state index contributed by atoms with van der Waals surface area (Å²) in [7, 11) is -4.11. The quantitative estimate of drug-likeness (QED) is 0.251. The predicted octanol–water partition coefficient (Wildman–Crippen LogP) is 7.01. The van der Waals surface area contributed by atoms with Gasteiger partial charge in [0.2, 0.25) is 0 Å². The van der Waals surface area contributed by atoms with Gasteiger partial charge in [-0.05, 0) is 42.9 Å². The largest absolute Gasteiger partial charge is 0.294 e. The molecule has 160 valence electrons. The molecule has 2 aromatic rings. The summed E-state index contributed by atoms with van der Waals surface area (Å²) in [6.07, 6.45) is 15.7. The highest BCUT2D eigenvalue weighted by Gasteiger charge is 2.13. The van der Waals surface area contributed by atoms with E-state index < -0.39 is 10.1 Å². The number of aryl methyl sites for hydroxylation is 2. The van der Waals surface area contributed by atoms with Crippen LogP contribution >= 0.6 is 0 Å². The van der Waals surface area contributed by atoms with Gasteiger partial charge in [0.1, 0.15) is 0 Å². The van der Waals surface area contributed by atoms with Crippen molar-refractivity contribution in [3.05, 3.63) is 65.7 Å². The van der Waals surface area contributed by atoms with Crippen molar-refractivity contribution >= 4 is 10.1 Å². The van der Waals surface area contributed by atoms with Crippen LogP contribution < -0.4 is 0 Å². The summed E-state index contributed by atoms with van der Waals surface area (Å²) in [6, 6.07) is 17.5. The Hall–Kier alpha value is -1.65. The summed E-state index contributed by atoms with van der Waals surface area (Å²) < 4.78 is 32.1. The van der Waals surface area contributed by atoms with Gasteiger partial charge in [-0.25, -0.2) is 0 Å². The molecule has 0 saturated carbocycles. The molecule has 0 radical (unpaired) electrons. The van der Waals surface area contributed by atoms with E-state index in [1.807, 2.05) is 6.07 Å². The normalized spacial score (nSPS) is 11.6. The minimum absolute atomic E-state index is 0.0590. The monoisotopic (exact) mass is 416 g/mol. The van der Waals surface area contributed by atoms with Gasteiger partial charge in [0.15, 0.2) is 0 Å². The zero-order valence-electron chi connectivity index (χ0n) is 17.6. The molecule has 0 heterocycles. The highest BCUT2D eigenvalue weighted by molar-refractivity contribution is 7.85. The van der Waals surface area contributed by atoms with Crippen LogP contribution in [-0.4, -0.2) is 13.0 Å². The zero-order valence-corrected chi connectivity index (χ0v) is 18.4. The smallest absolute Gasteiger partial charge is 0.282 e. The molecule has 0 saturated heterocycles. The van der Waals surface area contributed by atoms with Crippen molar-refractivity contribution < 1.29 is 13.0 Å². The summed E-state index contributed by atoms with van der Waals surface area (Å²) in [6.45, 7) is 0. The molecule has 0 aliphatic heterocycles. The Morgan fingerprint density at radius 2 is 1.00 bits per heavy atom. The van der Waals surface area contributed by atoms with Crippen molar-refractivity contribution in [3.8, 4) is 0 Å².